The standard InChI is InChI=1S/C13H22N2O3/c1-7-8-9(2)14-11(18)15-13(5,6)12(3,4)10(16)17/h1,9H,8H2,2-6H3,(H,16,17)(H2,14,15,18). The Balaban J connectivity index is 4.65. The summed E-state index contributed by atoms with van der Waals surface area (Å²) in [5, 5.41) is 14.5. The average Bonchev–Trinajstić information content (AvgIpc) is 2.15. The summed E-state index contributed by atoms with van der Waals surface area (Å²) in [5.74, 6) is 1.48. The Labute approximate surface area is 108 Å². The second-order valence-electron chi connectivity index (χ2n) is 5.46. The number of carbonyl (C=O) groups is 2. The lowest BCUT2D eigenvalue weighted by atomic mass is 9.74. The predicted molar refractivity (Wildman–Crippen MR) is 70.1 cm³/mol. The fourth-order valence-corrected chi connectivity index (χ4v) is 1.20. The van der Waals surface area contributed by atoms with Crippen LogP contribution in [0.1, 0.15) is 41.0 Å². The highest BCUT2D eigenvalue weighted by atomic mass is 16.4. The first-order valence-electron chi connectivity index (χ1n) is 5.80. The summed E-state index contributed by atoms with van der Waals surface area (Å²) in [6.45, 7) is 8.27. The number of aliphatic carboxylic acids is 1. The number of nitrogens with one attached hydrogen (secondary N) is 2. The van der Waals surface area contributed by atoms with E-state index in [-0.39, 0.29) is 6.04 Å². The van der Waals surface area contributed by atoms with E-state index in [1.54, 1.807) is 34.6 Å². The summed E-state index contributed by atoms with van der Waals surface area (Å²) in [6, 6.07) is -0.573. The number of terminal acetylenes is 1. The van der Waals surface area contributed by atoms with Crippen molar-refractivity contribution in [1.29, 1.82) is 0 Å². The molecule has 0 aromatic heterocycles. The van der Waals surface area contributed by atoms with E-state index < -0.39 is 23.0 Å². The third kappa shape index (κ3) is 3.95. The van der Waals surface area contributed by atoms with Gasteiger partial charge in [-0.2, -0.15) is 0 Å². The number of hydrogen-bond acceptors (Lipinski definition) is 2. The number of hydrogen-bond donors (Lipinski definition) is 3. The summed E-state index contributed by atoms with van der Waals surface area (Å²) < 4.78 is 0. The van der Waals surface area contributed by atoms with Crippen LogP contribution in [0.15, 0.2) is 0 Å². The third-order valence-electron chi connectivity index (χ3n) is 3.32. The van der Waals surface area contributed by atoms with Crippen molar-refractivity contribution in [2.75, 3.05) is 0 Å². The highest BCUT2D eigenvalue weighted by Gasteiger charge is 2.44. The maximum Gasteiger partial charge on any atom is 0.315 e. The van der Waals surface area contributed by atoms with Crippen molar-refractivity contribution in [3.8, 4) is 12.3 Å². The molecule has 0 bridgehead atoms. The van der Waals surface area contributed by atoms with Crippen LogP contribution in [-0.4, -0.2) is 28.7 Å². The molecule has 1 atom stereocenters. The molecule has 2 amide bonds. The van der Waals surface area contributed by atoms with E-state index in [4.69, 9.17) is 11.5 Å². The van der Waals surface area contributed by atoms with Gasteiger partial charge < -0.3 is 15.7 Å². The summed E-state index contributed by atoms with van der Waals surface area (Å²) in [4.78, 5) is 22.9. The average molecular weight is 254 g/mol. The minimum absolute atomic E-state index is 0.154. The Kier molecular flexibility index (Phi) is 5.22. The van der Waals surface area contributed by atoms with Gasteiger partial charge in [-0.1, -0.05) is 0 Å². The minimum Gasteiger partial charge on any atom is -0.481 e. The topological polar surface area (TPSA) is 78.4 Å². The second kappa shape index (κ2) is 5.76. The van der Waals surface area contributed by atoms with Gasteiger partial charge in [0.05, 0.1) is 11.0 Å². The molecule has 0 spiro atoms. The summed E-state index contributed by atoms with van der Waals surface area (Å²) in [5.41, 5.74) is -1.97. The van der Waals surface area contributed by atoms with Gasteiger partial charge in [-0.3, -0.25) is 4.79 Å². The zero-order valence-electron chi connectivity index (χ0n) is 11.6. The van der Waals surface area contributed by atoms with E-state index >= 15 is 0 Å². The van der Waals surface area contributed by atoms with Gasteiger partial charge in [-0.15, -0.1) is 12.3 Å². The van der Waals surface area contributed by atoms with E-state index in [0.29, 0.717) is 6.42 Å². The lowest BCUT2D eigenvalue weighted by molar-refractivity contribution is -0.150. The highest BCUT2D eigenvalue weighted by Crippen LogP contribution is 2.30. The monoisotopic (exact) mass is 254 g/mol. The summed E-state index contributed by atoms with van der Waals surface area (Å²) in [7, 11) is 0. The fourth-order valence-electron chi connectivity index (χ4n) is 1.20. The van der Waals surface area contributed by atoms with Crippen LogP contribution < -0.4 is 10.6 Å². The molecule has 5 nitrogen and oxygen atoms in total. The number of urea groups is 1. The Morgan fingerprint density at radius 1 is 1.33 bits per heavy atom. The molecule has 3 N–H and O–H groups in total. The molecule has 0 radical (unpaired) electrons. The van der Waals surface area contributed by atoms with Crippen molar-refractivity contribution >= 4 is 12.0 Å². The van der Waals surface area contributed by atoms with Crippen molar-refractivity contribution in [2.45, 2.75) is 52.6 Å². The fraction of sp³-hybridized carbons (Fsp3) is 0.692. The third-order valence-corrected chi connectivity index (χ3v) is 3.32. The number of amides is 2. The Morgan fingerprint density at radius 3 is 2.22 bits per heavy atom. The zero-order valence-corrected chi connectivity index (χ0v) is 11.6. The maximum absolute atomic E-state index is 11.7. The van der Waals surface area contributed by atoms with E-state index in [0.717, 1.165) is 0 Å². The van der Waals surface area contributed by atoms with E-state index in [1.807, 2.05) is 0 Å². The molecule has 0 aliphatic rings. The van der Waals surface area contributed by atoms with Crippen molar-refractivity contribution in [2.24, 2.45) is 5.41 Å². The molecular weight excluding hydrogens is 232 g/mol. The van der Waals surface area contributed by atoms with Crippen molar-refractivity contribution in [3.05, 3.63) is 0 Å². The normalized spacial score (nSPS) is 13.3. The maximum atomic E-state index is 11.7. The van der Waals surface area contributed by atoms with Crippen LogP contribution in [0.4, 0.5) is 4.79 Å². The molecular formula is C13H22N2O3. The van der Waals surface area contributed by atoms with Crippen LogP contribution in [0.25, 0.3) is 0 Å². The van der Waals surface area contributed by atoms with Gasteiger partial charge in [0, 0.05) is 12.5 Å². The van der Waals surface area contributed by atoms with Crippen LogP contribution in [-0.2, 0) is 4.79 Å². The van der Waals surface area contributed by atoms with Crippen molar-refractivity contribution in [1.82, 2.24) is 10.6 Å². The number of rotatable bonds is 5. The molecule has 0 rings (SSSR count). The Bertz CT molecular complexity index is 367. The number of carbonyl (C=O) groups excluding carboxylic acids is 1. The lowest BCUT2D eigenvalue weighted by Gasteiger charge is -2.38. The Hall–Kier alpha value is -1.70. The van der Waals surface area contributed by atoms with Gasteiger partial charge in [-0.25, -0.2) is 4.79 Å². The molecule has 18 heavy (non-hydrogen) atoms. The minimum atomic E-state index is -1.08. The van der Waals surface area contributed by atoms with Gasteiger partial charge in [0.25, 0.3) is 0 Å². The molecule has 0 aromatic carbocycles. The molecule has 0 saturated heterocycles. The first-order valence-corrected chi connectivity index (χ1v) is 5.80. The van der Waals surface area contributed by atoms with Gasteiger partial charge in [0.1, 0.15) is 0 Å². The van der Waals surface area contributed by atoms with Gasteiger partial charge in [0.15, 0.2) is 0 Å². The van der Waals surface area contributed by atoms with E-state index in [9.17, 15) is 9.59 Å². The Morgan fingerprint density at radius 2 is 1.83 bits per heavy atom. The summed E-state index contributed by atoms with van der Waals surface area (Å²) >= 11 is 0. The zero-order chi connectivity index (χ0) is 14.6. The van der Waals surface area contributed by atoms with Gasteiger partial charge in [0.2, 0.25) is 0 Å². The van der Waals surface area contributed by atoms with Crippen molar-refractivity contribution in [3.63, 3.8) is 0 Å². The predicted octanol–water partition coefficient (Wildman–Crippen LogP) is 1.59. The first-order chi connectivity index (χ1) is 8.04. The summed E-state index contributed by atoms with van der Waals surface area (Å²) in [6.07, 6.45) is 5.57. The van der Waals surface area contributed by atoms with Crippen LogP contribution in [0.2, 0.25) is 0 Å². The molecule has 5 heteroatoms. The molecule has 1 unspecified atom stereocenters. The largest absolute Gasteiger partial charge is 0.481 e. The molecule has 0 fully saturated rings. The molecule has 0 saturated carbocycles. The van der Waals surface area contributed by atoms with Crippen LogP contribution in [0.5, 0.6) is 0 Å². The smallest absolute Gasteiger partial charge is 0.315 e. The van der Waals surface area contributed by atoms with Crippen LogP contribution in [0, 0.1) is 17.8 Å². The van der Waals surface area contributed by atoms with Crippen LogP contribution >= 0.6 is 0 Å². The van der Waals surface area contributed by atoms with Gasteiger partial charge >= 0.3 is 12.0 Å². The van der Waals surface area contributed by atoms with E-state index in [2.05, 4.69) is 16.6 Å². The molecule has 0 aliphatic carbocycles. The quantitative estimate of drug-likeness (QED) is 0.652. The molecule has 0 heterocycles. The molecule has 0 aliphatic heterocycles. The number of carboxylic acids is 1. The van der Waals surface area contributed by atoms with Crippen LogP contribution in [0.3, 0.4) is 0 Å². The first kappa shape index (κ1) is 16.3. The second-order valence-corrected chi connectivity index (χ2v) is 5.46. The SMILES string of the molecule is C#CCC(C)NC(=O)NC(C)(C)C(C)(C)C(=O)O. The number of carboxylic acid groups (broad SMARTS) is 1. The van der Waals surface area contributed by atoms with Gasteiger partial charge in [-0.05, 0) is 34.6 Å². The van der Waals surface area contributed by atoms with Crippen molar-refractivity contribution < 1.29 is 14.7 Å². The molecule has 102 valence electrons. The lowest BCUT2D eigenvalue weighted by Crippen LogP contribution is -2.59. The highest BCUT2D eigenvalue weighted by molar-refractivity contribution is 5.79. The molecule has 0 aromatic rings. The van der Waals surface area contributed by atoms with E-state index in [1.165, 1.54) is 0 Å².